The van der Waals surface area contributed by atoms with Crippen LogP contribution in [-0.2, 0) is 27.7 Å². The third kappa shape index (κ3) is 9.11. The number of ether oxygens (including phenoxy) is 1. The van der Waals surface area contributed by atoms with Gasteiger partial charge in [-0.1, -0.05) is 44.0 Å². The van der Waals surface area contributed by atoms with E-state index in [0.717, 1.165) is 24.2 Å². The van der Waals surface area contributed by atoms with Crippen molar-refractivity contribution >= 4 is 15.9 Å². The molecule has 0 aliphatic carbocycles. The molecule has 0 aromatic heterocycles. The van der Waals surface area contributed by atoms with Crippen LogP contribution in [0.3, 0.4) is 0 Å². The Labute approximate surface area is 186 Å². The largest absolute Gasteiger partial charge is 0.494 e. The van der Waals surface area contributed by atoms with Gasteiger partial charge in [-0.3, -0.25) is 4.79 Å². The van der Waals surface area contributed by atoms with Crippen molar-refractivity contribution in [1.29, 1.82) is 0 Å². The van der Waals surface area contributed by atoms with Gasteiger partial charge in [-0.05, 0) is 61.1 Å². The van der Waals surface area contributed by atoms with Crippen molar-refractivity contribution in [3.63, 3.8) is 0 Å². The lowest BCUT2D eigenvalue weighted by molar-refractivity contribution is -0.120. The standard InChI is InChI=1S/C24H34N2O4S/c1-3-4-5-7-20-10-15-23(16-11-20)31(28,29)26-18-6-19-30-22-13-8-21(9-14-22)12-17-24(27)25-2/h8-11,13-16,26H,3-7,12,17-19H2,1-2H3,(H,25,27). The summed E-state index contributed by atoms with van der Waals surface area (Å²) in [7, 11) is -1.88. The summed E-state index contributed by atoms with van der Waals surface area (Å²) in [6, 6.07) is 14.7. The maximum Gasteiger partial charge on any atom is 0.240 e. The summed E-state index contributed by atoms with van der Waals surface area (Å²) >= 11 is 0. The highest BCUT2D eigenvalue weighted by Gasteiger charge is 2.13. The first-order chi connectivity index (χ1) is 14.9. The molecule has 0 spiro atoms. The number of carbonyl (C=O) groups is 1. The summed E-state index contributed by atoms with van der Waals surface area (Å²) < 4.78 is 33.2. The van der Waals surface area contributed by atoms with E-state index in [1.807, 2.05) is 36.4 Å². The quantitative estimate of drug-likeness (QED) is 0.432. The molecule has 2 aromatic rings. The van der Waals surface area contributed by atoms with Gasteiger partial charge in [0.25, 0.3) is 0 Å². The number of hydrogen-bond acceptors (Lipinski definition) is 4. The minimum atomic E-state index is -3.51. The van der Waals surface area contributed by atoms with E-state index >= 15 is 0 Å². The van der Waals surface area contributed by atoms with Gasteiger partial charge in [-0.15, -0.1) is 0 Å². The number of carbonyl (C=O) groups excluding carboxylic acids is 1. The van der Waals surface area contributed by atoms with E-state index in [1.165, 1.54) is 18.4 Å². The molecule has 0 bridgehead atoms. The monoisotopic (exact) mass is 446 g/mol. The Morgan fingerprint density at radius 2 is 1.55 bits per heavy atom. The van der Waals surface area contributed by atoms with Gasteiger partial charge in [0.15, 0.2) is 0 Å². The van der Waals surface area contributed by atoms with Crippen LogP contribution in [0.5, 0.6) is 5.75 Å². The second-order valence-electron chi connectivity index (χ2n) is 7.52. The van der Waals surface area contributed by atoms with Crippen LogP contribution in [0, 0.1) is 0 Å². The summed E-state index contributed by atoms with van der Waals surface area (Å²) in [6.45, 7) is 2.89. The Kier molecular flexibility index (Phi) is 10.5. The zero-order valence-corrected chi connectivity index (χ0v) is 19.3. The molecule has 6 nitrogen and oxygen atoms in total. The Morgan fingerprint density at radius 1 is 0.903 bits per heavy atom. The van der Waals surface area contributed by atoms with E-state index in [4.69, 9.17) is 4.74 Å². The van der Waals surface area contributed by atoms with Gasteiger partial charge in [0.1, 0.15) is 5.75 Å². The fourth-order valence-corrected chi connectivity index (χ4v) is 4.18. The predicted molar refractivity (Wildman–Crippen MR) is 124 cm³/mol. The van der Waals surface area contributed by atoms with Crippen molar-refractivity contribution in [3.8, 4) is 5.75 Å². The van der Waals surface area contributed by atoms with Gasteiger partial charge < -0.3 is 10.1 Å². The van der Waals surface area contributed by atoms with Crippen molar-refractivity contribution in [2.75, 3.05) is 20.2 Å². The smallest absolute Gasteiger partial charge is 0.240 e. The highest BCUT2D eigenvalue weighted by Crippen LogP contribution is 2.15. The molecule has 0 radical (unpaired) electrons. The van der Waals surface area contributed by atoms with Gasteiger partial charge in [-0.25, -0.2) is 13.1 Å². The molecule has 0 saturated heterocycles. The fraction of sp³-hybridized carbons (Fsp3) is 0.458. The van der Waals surface area contributed by atoms with Crippen LogP contribution in [0.25, 0.3) is 0 Å². The van der Waals surface area contributed by atoms with Gasteiger partial charge in [0.2, 0.25) is 15.9 Å². The average Bonchev–Trinajstić information content (AvgIpc) is 2.78. The number of nitrogens with one attached hydrogen (secondary N) is 2. The van der Waals surface area contributed by atoms with Gasteiger partial charge >= 0.3 is 0 Å². The molecule has 170 valence electrons. The SMILES string of the molecule is CCCCCc1ccc(S(=O)(=O)NCCCOc2ccc(CCC(=O)NC)cc2)cc1. The second kappa shape index (κ2) is 13.1. The third-order valence-corrected chi connectivity index (χ3v) is 6.50. The Bertz CT molecular complexity index is 894. The molecule has 0 atom stereocenters. The van der Waals surface area contributed by atoms with Crippen LogP contribution in [0.4, 0.5) is 0 Å². The van der Waals surface area contributed by atoms with Crippen LogP contribution >= 0.6 is 0 Å². The number of rotatable bonds is 14. The predicted octanol–water partition coefficient (Wildman–Crippen LogP) is 3.85. The number of sulfonamides is 1. The summed E-state index contributed by atoms with van der Waals surface area (Å²) in [6.07, 6.45) is 6.16. The van der Waals surface area contributed by atoms with Crippen molar-refractivity contribution in [3.05, 3.63) is 59.7 Å². The molecule has 2 rings (SSSR count). The van der Waals surface area contributed by atoms with Crippen LogP contribution < -0.4 is 14.8 Å². The molecule has 0 fully saturated rings. The van der Waals surface area contributed by atoms with Crippen molar-refractivity contribution in [2.45, 2.75) is 56.8 Å². The average molecular weight is 447 g/mol. The van der Waals surface area contributed by atoms with Gasteiger partial charge in [-0.2, -0.15) is 0 Å². The Morgan fingerprint density at radius 3 is 2.19 bits per heavy atom. The lowest BCUT2D eigenvalue weighted by atomic mass is 10.1. The Balaban J connectivity index is 1.70. The first kappa shape index (κ1) is 24.9. The first-order valence-electron chi connectivity index (χ1n) is 11.0. The van der Waals surface area contributed by atoms with Crippen molar-refractivity contribution in [2.24, 2.45) is 0 Å². The normalized spacial score (nSPS) is 11.3. The zero-order chi connectivity index (χ0) is 22.5. The van der Waals surface area contributed by atoms with Crippen LogP contribution in [0.15, 0.2) is 53.4 Å². The minimum Gasteiger partial charge on any atom is -0.494 e. The second-order valence-corrected chi connectivity index (χ2v) is 9.28. The zero-order valence-electron chi connectivity index (χ0n) is 18.5. The maximum absolute atomic E-state index is 12.4. The molecule has 1 amide bonds. The number of unbranched alkanes of at least 4 members (excludes halogenated alkanes) is 2. The highest BCUT2D eigenvalue weighted by molar-refractivity contribution is 7.89. The van der Waals surface area contributed by atoms with E-state index in [2.05, 4.69) is 17.0 Å². The molecule has 0 heterocycles. The molecule has 2 aromatic carbocycles. The molecular weight excluding hydrogens is 412 g/mol. The van der Waals surface area contributed by atoms with Crippen LogP contribution in [-0.4, -0.2) is 34.5 Å². The number of hydrogen-bond donors (Lipinski definition) is 2. The van der Waals surface area contributed by atoms with Gasteiger partial charge in [0, 0.05) is 20.0 Å². The Hall–Kier alpha value is -2.38. The molecule has 2 N–H and O–H groups in total. The molecule has 31 heavy (non-hydrogen) atoms. The molecular formula is C24H34N2O4S. The van der Waals surface area contributed by atoms with E-state index in [-0.39, 0.29) is 5.91 Å². The molecule has 0 unspecified atom stereocenters. The fourth-order valence-electron chi connectivity index (χ4n) is 3.10. The minimum absolute atomic E-state index is 0.0192. The van der Waals surface area contributed by atoms with Crippen molar-refractivity contribution in [1.82, 2.24) is 10.0 Å². The van der Waals surface area contributed by atoms with E-state index in [1.54, 1.807) is 19.2 Å². The maximum atomic E-state index is 12.4. The number of amides is 1. The molecule has 7 heteroatoms. The highest BCUT2D eigenvalue weighted by atomic mass is 32.2. The van der Waals surface area contributed by atoms with E-state index in [0.29, 0.717) is 37.3 Å². The number of benzene rings is 2. The van der Waals surface area contributed by atoms with Crippen molar-refractivity contribution < 1.29 is 17.9 Å². The lowest BCUT2D eigenvalue weighted by Crippen LogP contribution is -2.25. The van der Waals surface area contributed by atoms with E-state index in [9.17, 15) is 13.2 Å². The topological polar surface area (TPSA) is 84.5 Å². The summed E-state index contributed by atoms with van der Waals surface area (Å²) in [5, 5.41) is 2.61. The summed E-state index contributed by atoms with van der Waals surface area (Å²) in [5.41, 5.74) is 2.24. The van der Waals surface area contributed by atoms with Crippen LogP contribution in [0.1, 0.15) is 50.2 Å². The lowest BCUT2D eigenvalue weighted by Gasteiger charge is -2.09. The van der Waals surface area contributed by atoms with Gasteiger partial charge in [0.05, 0.1) is 11.5 Å². The summed E-state index contributed by atoms with van der Waals surface area (Å²) in [5.74, 6) is 0.746. The first-order valence-corrected chi connectivity index (χ1v) is 12.4. The molecule has 0 aliphatic heterocycles. The molecule has 0 aliphatic rings. The van der Waals surface area contributed by atoms with Crippen LogP contribution in [0.2, 0.25) is 0 Å². The van der Waals surface area contributed by atoms with E-state index < -0.39 is 10.0 Å². The third-order valence-electron chi connectivity index (χ3n) is 5.03. The summed E-state index contributed by atoms with van der Waals surface area (Å²) in [4.78, 5) is 11.6. The number of aryl methyl sites for hydroxylation is 2. The molecule has 0 saturated carbocycles.